The molecule has 1 unspecified atom stereocenters. The van der Waals surface area contributed by atoms with Crippen LogP contribution in [-0.2, 0) is 0 Å². The van der Waals surface area contributed by atoms with Gasteiger partial charge in [-0.05, 0) is 46.1 Å². The second-order valence-corrected chi connectivity index (χ2v) is 5.50. The second kappa shape index (κ2) is 6.21. The van der Waals surface area contributed by atoms with Gasteiger partial charge in [0.1, 0.15) is 0 Å². The molecule has 1 saturated heterocycles. The van der Waals surface area contributed by atoms with Gasteiger partial charge in [0, 0.05) is 25.3 Å². The van der Waals surface area contributed by atoms with Crippen molar-refractivity contribution < 1.29 is 0 Å². The molecule has 0 aliphatic carbocycles. The minimum atomic E-state index is 0.560. The summed E-state index contributed by atoms with van der Waals surface area (Å²) in [5, 5.41) is 3.55. The standard InChI is InChI=1S/C15H25N3/c1-13-5-7-14(8-6-13)18-10-4-9-16-11-15(18)12-17(2)3/h5-8,15-16H,4,9-12H2,1-3H3. The van der Waals surface area contributed by atoms with Gasteiger partial charge >= 0.3 is 0 Å². The molecule has 1 aromatic rings. The fraction of sp³-hybridized carbons (Fsp3) is 0.600. The molecule has 0 amide bonds. The van der Waals surface area contributed by atoms with Crippen molar-refractivity contribution in [3.63, 3.8) is 0 Å². The molecule has 18 heavy (non-hydrogen) atoms. The Labute approximate surface area is 111 Å². The predicted octanol–water partition coefficient (Wildman–Crippen LogP) is 1.72. The molecule has 0 radical (unpaired) electrons. The van der Waals surface area contributed by atoms with Gasteiger partial charge in [0.2, 0.25) is 0 Å². The zero-order chi connectivity index (χ0) is 13.0. The van der Waals surface area contributed by atoms with E-state index in [0.29, 0.717) is 6.04 Å². The van der Waals surface area contributed by atoms with Crippen LogP contribution in [0.5, 0.6) is 0 Å². The number of rotatable bonds is 3. The van der Waals surface area contributed by atoms with Gasteiger partial charge in [-0.2, -0.15) is 0 Å². The molecule has 100 valence electrons. The predicted molar refractivity (Wildman–Crippen MR) is 78.4 cm³/mol. The van der Waals surface area contributed by atoms with Crippen molar-refractivity contribution in [2.75, 3.05) is 45.2 Å². The average Bonchev–Trinajstić information content (AvgIpc) is 2.55. The monoisotopic (exact) mass is 247 g/mol. The SMILES string of the molecule is Cc1ccc(N2CCCNCC2CN(C)C)cc1. The molecule has 0 aromatic heterocycles. The first-order valence-corrected chi connectivity index (χ1v) is 6.85. The van der Waals surface area contributed by atoms with E-state index in [1.165, 1.54) is 17.7 Å². The first-order chi connectivity index (χ1) is 8.66. The summed E-state index contributed by atoms with van der Waals surface area (Å²) < 4.78 is 0. The molecular formula is C15H25N3. The van der Waals surface area contributed by atoms with Crippen molar-refractivity contribution in [2.24, 2.45) is 0 Å². The Morgan fingerprint density at radius 1 is 1.28 bits per heavy atom. The summed E-state index contributed by atoms with van der Waals surface area (Å²) in [7, 11) is 4.30. The van der Waals surface area contributed by atoms with Crippen LogP contribution in [0.1, 0.15) is 12.0 Å². The van der Waals surface area contributed by atoms with Gasteiger partial charge in [-0.15, -0.1) is 0 Å². The van der Waals surface area contributed by atoms with Gasteiger partial charge in [0.05, 0.1) is 6.04 Å². The zero-order valence-electron chi connectivity index (χ0n) is 11.8. The van der Waals surface area contributed by atoms with E-state index in [1.54, 1.807) is 0 Å². The molecular weight excluding hydrogens is 222 g/mol. The lowest BCUT2D eigenvalue weighted by Crippen LogP contribution is -2.46. The second-order valence-electron chi connectivity index (χ2n) is 5.50. The van der Waals surface area contributed by atoms with Crippen molar-refractivity contribution in [3.8, 4) is 0 Å². The van der Waals surface area contributed by atoms with Gasteiger partial charge in [0.15, 0.2) is 0 Å². The minimum Gasteiger partial charge on any atom is -0.366 e. The normalized spacial score (nSPS) is 21.1. The van der Waals surface area contributed by atoms with E-state index < -0.39 is 0 Å². The minimum absolute atomic E-state index is 0.560. The number of hydrogen-bond acceptors (Lipinski definition) is 3. The first-order valence-electron chi connectivity index (χ1n) is 6.85. The van der Waals surface area contributed by atoms with Crippen LogP contribution in [0.4, 0.5) is 5.69 Å². The molecule has 3 nitrogen and oxygen atoms in total. The lowest BCUT2D eigenvalue weighted by atomic mass is 10.1. The highest BCUT2D eigenvalue weighted by Gasteiger charge is 2.21. The summed E-state index contributed by atoms with van der Waals surface area (Å²) in [4.78, 5) is 4.83. The Kier molecular flexibility index (Phi) is 4.61. The highest BCUT2D eigenvalue weighted by atomic mass is 15.2. The van der Waals surface area contributed by atoms with Crippen LogP contribution in [0.3, 0.4) is 0 Å². The van der Waals surface area contributed by atoms with Crippen molar-refractivity contribution in [1.29, 1.82) is 0 Å². The zero-order valence-corrected chi connectivity index (χ0v) is 11.8. The number of nitrogens with one attached hydrogen (secondary N) is 1. The highest BCUT2D eigenvalue weighted by Crippen LogP contribution is 2.19. The molecule has 0 saturated carbocycles. The number of nitrogens with zero attached hydrogens (tertiary/aromatic N) is 2. The molecule has 1 aliphatic heterocycles. The highest BCUT2D eigenvalue weighted by molar-refractivity contribution is 5.48. The Morgan fingerprint density at radius 2 is 2.00 bits per heavy atom. The van der Waals surface area contributed by atoms with E-state index in [1.807, 2.05) is 0 Å². The molecule has 0 bridgehead atoms. The molecule has 1 N–H and O–H groups in total. The summed E-state index contributed by atoms with van der Waals surface area (Å²) in [5.41, 5.74) is 2.69. The van der Waals surface area contributed by atoms with Crippen LogP contribution in [-0.4, -0.2) is 51.2 Å². The summed E-state index contributed by atoms with van der Waals surface area (Å²) in [6.45, 7) is 6.60. The van der Waals surface area contributed by atoms with Gasteiger partial charge in [0.25, 0.3) is 0 Å². The van der Waals surface area contributed by atoms with Crippen LogP contribution in [0.15, 0.2) is 24.3 Å². The smallest absolute Gasteiger partial charge is 0.0541 e. The van der Waals surface area contributed by atoms with E-state index in [0.717, 1.165) is 26.2 Å². The molecule has 1 heterocycles. The van der Waals surface area contributed by atoms with E-state index in [9.17, 15) is 0 Å². The molecule has 1 atom stereocenters. The van der Waals surface area contributed by atoms with Crippen molar-refractivity contribution in [3.05, 3.63) is 29.8 Å². The van der Waals surface area contributed by atoms with E-state index >= 15 is 0 Å². The quantitative estimate of drug-likeness (QED) is 0.877. The third-order valence-corrected chi connectivity index (χ3v) is 3.51. The molecule has 0 spiro atoms. The lowest BCUT2D eigenvalue weighted by Gasteiger charge is -2.33. The van der Waals surface area contributed by atoms with Crippen LogP contribution in [0.25, 0.3) is 0 Å². The first kappa shape index (κ1) is 13.4. The summed E-state index contributed by atoms with van der Waals surface area (Å²) >= 11 is 0. The van der Waals surface area contributed by atoms with Crippen molar-refractivity contribution in [2.45, 2.75) is 19.4 Å². The van der Waals surface area contributed by atoms with E-state index in [4.69, 9.17) is 0 Å². The summed E-state index contributed by atoms with van der Waals surface area (Å²) in [5.74, 6) is 0. The fourth-order valence-corrected chi connectivity index (χ4v) is 2.60. The Hall–Kier alpha value is -1.06. The van der Waals surface area contributed by atoms with Crippen LogP contribution in [0.2, 0.25) is 0 Å². The average molecular weight is 247 g/mol. The van der Waals surface area contributed by atoms with E-state index in [-0.39, 0.29) is 0 Å². The van der Waals surface area contributed by atoms with Crippen LogP contribution >= 0.6 is 0 Å². The lowest BCUT2D eigenvalue weighted by molar-refractivity contribution is 0.361. The van der Waals surface area contributed by atoms with Gasteiger partial charge in [-0.25, -0.2) is 0 Å². The summed E-state index contributed by atoms with van der Waals surface area (Å²) in [6, 6.07) is 9.48. The van der Waals surface area contributed by atoms with E-state index in [2.05, 4.69) is 60.4 Å². The molecule has 1 aliphatic rings. The Morgan fingerprint density at radius 3 is 2.67 bits per heavy atom. The third-order valence-electron chi connectivity index (χ3n) is 3.51. The van der Waals surface area contributed by atoms with Crippen molar-refractivity contribution in [1.82, 2.24) is 10.2 Å². The van der Waals surface area contributed by atoms with Gasteiger partial charge < -0.3 is 15.1 Å². The molecule has 3 heteroatoms. The Balaban J connectivity index is 2.16. The summed E-state index contributed by atoms with van der Waals surface area (Å²) in [6.07, 6.45) is 1.22. The van der Waals surface area contributed by atoms with Gasteiger partial charge in [-0.3, -0.25) is 0 Å². The maximum absolute atomic E-state index is 3.55. The van der Waals surface area contributed by atoms with Crippen LogP contribution < -0.4 is 10.2 Å². The molecule has 1 aromatic carbocycles. The van der Waals surface area contributed by atoms with Crippen LogP contribution in [0, 0.1) is 6.92 Å². The third kappa shape index (κ3) is 3.47. The maximum atomic E-state index is 3.55. The number of hydrogen-bond donors (Lipinski definition) is 1. The number of benzene rings is 1. The maximum Gasteiger partial charge on any atom is 0.0541 e. The van der Waals surface area contributed by atoms with Crippen molar-refractivity contribution >= 4 is 5.69 Å². The fourth-order valence-electron chi connectivity index (χ4n) is 2.60. The number of aryl methyl sites for hydroxylation is 1. The largest absolute Gasteiger partial charge is 0.366 e. The Bertz CT molecular complexity index is 359. The molecule has 2 rings (SSSR count). The number of anilines is 1. The topological polar surface area (TPSA) is 18.5 Å². The number of likely N-dealkylation sites (N-methyl/N-ethyl adjacent to an activating group) is 1. The van der Waals surface area contributed by atoms with Gasteiger partial charge in [-0.1, -0.05) is 17.7 Å². The molecule has 1 fully saturated rings.